The van der Waals surface area contributed by atoms with Crippen molar-refractivity contribution in [3.8, 4) is 0 Å². The smallest absolute Gasteiger partial charge is 0.251 e. The summed E-state index contributed by atoms with van der Waals surface area (Å²) in [4.78, 5) is 25.7. The molecule has 2 aromatic rings. The van der Waals surface area contributed by atoms with Crippen LogP contribution in [0, 0.1) is 13.8 Å². The van der Waals surface area contributed by atoms with Crippen molar-refractivity contribution in [2.75, 3.05) is 26.0 Å². The molecular weight excluding hydrogens is 314 g/mol. The molecule has 0 heterocycles. The van der Waals surface area contributed by atoms with Crippen LogP contribution in [-0.2, 0) is 11.3 Å². The largest absolute Gasteiger partial charge is 0.355 e. The lowest BCUT2D eigenvalue weighted by Gasteiger charge is -2.17. The van der Waals surface area contributed by atoms with Crippen molar-refractivity contribution in [2.24, 2.45) is 0 Å². The van der Waals surface area contributed by atoms with Gasteiger partial charge in [-0.05, 0) is 61.9 Å². The zero-order valence-electron chi connectivity index (χ0n) is 15.2. The van der Waals surface area contributed by atoms with Gasteiger partial charge in [-0.2, -0.15) is 0 Å². The fourth-order valence-corrected chi connectivity index (χ4v) is 2.54. The summed E-state index contributed by atoms with van der Waals surface area (Å²) in [5, 5.41) is 5.52. The van der Waals surface area contributed by atoms with E-state index in [0.717, 1.165) is 16.8 Å². The van der Waals surface area contributed by atoms with Crippen molar-refractivity contribution in [1.29, 1.82) is 0 Å². The summed E-state index contributed by atoms with van der Waals surface area (Å²) in [6.45, 7) is 5.00. The van der Waals surface area contributed by atoms with E-state index in [2.05, 4.69) is 10.6 Å². The van der Waals surface area contributed by atoms with E-state index in [4.69, 9.17) is 0 Å². The highest BCUT2D eigenvalue weighted by Crippen LogP contribution is 2.14. The first kappa shape index (κ1) is 18.7. The van der Waals surface area contributed by atoms with Crippen LogP contribution in [0.3, 0.4) is 0 Å². The molecule has 0 saturated heterocycles. The summed E-state index contributed by atoms with van der Waals surface area (Å²) in [7, 11) is 3.50. The fraction of sp³-hybridized carbons (Fsp3) is 0.300. The van der Waals surface area contributed by atoms with E-state index in [1.165, 1.54) is 5.56 Å². The number of hydrogen-bond acceptors (Lipinski definition) is 3. The molecule has 0 aliphatic carbocycles. The second-order valence-corrected chi connectivity index (χ2v) is 6.30. The van der Waals surface area contributed by atoms with E-state index >= 15 is 0 Å². The zero-order chi connectivity index (χ0) is 18.4. The third-order valence-electron chi connectivity index (χ3n) is 4.10. The quantitative estimate of drug-likeness (QED) is 0.851. The summed E-state index contributed by atoms with van der Waals surface area (Å²) in [5.41, 5.74) is 4.85. The Balaban J connectivity index is 1.88. The SMILES string of the molecule is CNC(=O)c1ccc(CN(C)CC(=O)Nc2ccc(C)c(C)c2)cc1. The fourth-order valence-electron chi connectivity index (χ4n) is 2.54. The van der Waals surface area contributed by atoms with E-state index in [0.29, 0.717) is 18.7 Å². The number of aryl methyl sites for hydroxylation is 2. The number of rotatable bonds is 6. The van der Waals surface area contributed by atoms with E-state index in [9.17, 15) is 9.59 Å². The number of hydrogen-bond donors (Lipinski definition) is 2. The van der Waals surface area contributed by atoms with Crippen LogP contribution in [0.25, 0.3) is 0 Å². The molecular formula is C20H25N3O2. The van der Waals surface area contributed by atoms with Gasteiger partial charge in [0.1, 0.15) is 0 Å². The molecule has 0 unspecified atom stereocenters. The van der Waals surface area contributed by atoms with Gasteiger partial charge in [-0.3, -0.25) is 14.5 Å². The van der Waals surface area contributed by atoms with Gasteiger partial charge < -0.3 is 10.6 Å². The van der Waals surface area contributed by atoms with Gasteiger partial charge in [0.05, 0.1) is 6.54 Å². The van der Waals surface area contributed by atoms with E-state index in [1.807, 2.05) is 56.1 Å². The molecule has 0 atom stereocenters. The first-order valence-corrected chi connectivity index (χ1v) is 8.25. The lowest BCUT2D eigenvalue weighted by atomic mass is 10.1. The molecule has 2 N–H and O–H groups in total. The Morgan fingerprint density at radius 1 is 1.00 bits per heavy atom. The van der Waals surface area contributed by atoms with Crippen molar-refractivity contribution in [1.82, 2.24) is 10.2 Å². The van der Waals surface area contributed by atoms with E-state index < -0.39 is 0 Å². The zero-order valence-corrected chi connectivity index (χ0v) is 15.2. The molecule has 0 aliphatic heterocycles. The van der Waals surface area contributed by atoms with E-state index in [1.54, 1.807) is 19.2 Å². The average Bonchev–Trinajstić information content (AvgIpc) is 2.58. The van der Waals surface area contributed by atoms with Crippen LogP contribution in [0.15, 0.2) is 42.5 Å². The Morgan fingerprint density at radius 2 is 1.68 bits per heavy atom. The molecule has 25 heavy (non-hydrogen) atoms. The summed E-state index contributed by atoms with van der Waals surface area (Å²) in [5.74, 6) is -0.152. The molecule has 0 saturated carbocycles. The molecule has 0 radical (unpaired) electrons. The molecule has 2 rings (SSSR count). The topological polar surface area (TPSA) is 61.4 Å². The van der Waals surface area contributed by atoms with Gasteiger partial charge >= 0.3 is 0 Å². The Hall–Kier alpha value is -2.66. The first-order chi connectivity index (χ1) is 11.9. The number of nitrogens with zero attached hydrogens (tertiary/aromatic N) is 1. The van der Waals surface area contributed by atoms with Crippen molar-refractivity contribution in [3.05, 3.63) is 64.7 Å². The lowest BCUT2D eigenvalue weighted by Crippen LogP contribution is -2.29. The molecule has 0 fully saturated rings. The van der Waals surface area contributed by atoms with Crippen molar-refractivity contribution in [2.45, 2.75) is 20.4 Å². The number of carbonyl (C=O) groups excluding carboxylic acids is 2. The predicted molar refractivity (Wildman–Crippen MR) is 101 cm³/mol. The maximum Gasteiger partial charge on any atom is 0.251 e. The minimum Gasteiger partial charge on any atom is -0.355 e. The minimum absolute atomic E-state index is 0.0484. The van der Waals surface area contributed by atoms with Gasteiger partial charge in [-0.15, -0.1) is 0 Å². The highest BCUT2D eigenvalue weighted by atomic mass is 16.2. The molecule has 2 aromatic carbocycles. The number of carbonyl (C=O) groups is 2. The molecule has 0 spiro atoms. The Kier molecular flexibility index (Phi) is 6.31. The van der Waals surface area contributed by atoms with Crippen LogP contribution in [-0.4, -0.2) is 37.4 Å². The standard InChI is InChI=1S/C20H25N3O2/c1-14-5-10-18(11-15(14)2)22-19(24)13-23(4)12-16-6-8-17(9-7-16)20(25)21-3/h5-11H,12-13H2,1-4H3,(H,21,25)(H,22,24). The molecule has 5 nitrogen and oxygen atoms in total. The van der Waals surface area contributed by atoms with Crippen LogP contribution >= 0.6 is 0 Å². The van der Waals surface area contributed by atoms with Crippen LogP contribution in [0.2, 0.25) is 0 Å². The lowest BCUT2D eigenvalue weighted by molar-refractivity contribution is -0.117. The number of anilines is 1. The molecule has 0 aromatic heterocycles. The van der Waals surface area contributed by atoms with Gasteiger partial charge in [-0.25, -0.2) is 0 Å². The van der Waals surface area contributed by atoms with Gasteiger partial charge in [-0.1, -0.05) is 18.2 Å². The van der Waals surface area contributed by atoms with Crippen molar-refractivity contribution in [3.63, 3.8) is 0 Å². The van der Waals surface area contributed by atoms with Gasteiger partial charge in [0.15, 0.2) is 0 Å². The maximum atomic E-state index is 12.2. The van der Waals surface area contributed by atoms with Crippen LogP contribution < -0.4 is 10.6 Å². The molecule has 0 aliphatic rings. The monoisotopic (exact) mass is 339 g/mol. The third-order valence-corrected chi connectivity index (χ3v) is 4.10. The summed E-state index contributed by atoms with van der Waals surface area (Å²) in [6, 6.07) is 13.3. The second kappa shape index (κ2) is 8.44. The van der Waals surface area contributed by atoms with Gasteiger partial charge in [0, 0.05) is 24.8 Å². The van der Waals surface area contributed by atoms with Gasteiger partial charge in [0.25, 0.3) is 5.91 Å². The Bertz CT molecular complexity index is 754. The Morgan fingerprint density at radius 3 is 2.28 bits per heavy atom. The molecule has 2 amide bonds. The maximum absolute atomic E-state index is 12.2. The predicted octanol–water partition coefficient (Wildman–Crippen LogP) is 2.73. The van der Waals surface area contributed by atoms with E-state index in [-0.39, 0.29) is 11.8 Å². The number of amides is 2. The highest BCUT2D eigenvalue weighted by molar-refractivity contribution is 5.94. The number of benzene rings is 2. The van der Waals surface area contributed by atoms with Crippen molar-refractivity contribution >= 4 is 17.5 Å². The van der Waals surface area contributed by atoms with Crippen LogP contribution in [0.4, 0.5) is 5.69 Å². The molecule has 132 valence electrons. The summed E-state index contributed by atoms with van der Waals surface area (Å²) in [6.07, 6.45) is 0. The van der Waals surface area contributed by atoms with Crippen molar-refractivity contribution < 1.29 is 9.59 Å². The summed E-state index contributed by atoms with van der Waals surface area (Å²) >= 11 is 0. The highest BCUT2D eigenvalue weighted by Gasteiger charge is 2.09. The number of nitrogens with one attached hydrogen (secondary N) is 2. The normalized spacial score (nSPS) is 10.6. The minimum atomic E-state index is -0.104. The van der Waals surface area contributed by atoms with Crippen LogP contribution in [0.1, 0.15) is 27.0 Å². The Labute approximate surface area is 149 Å². The van der Waals surface area contributed by atoms with Crippen LogP contribution in [0.5, 0.6) is 0 Å². The second-order valence-electron chi connectivity index (χ2n) is 6.30. The first-order valence-electron chi connectivity index (χ1n) is 8.25. The third kappa shape index (κ3) is 5.43. The molecule has 0 bridgehead atoms. The van der Waals surface area contributed by atoms with Gasteiger partial charge in [0.2, 0.25) is 5.91 Å². The summed E-state index contributed by atoms with van der Waals surface area (Å²) < 4.78 is 0. The molecule has 5 heteroatoms. The number of likely N-dealkylation sites (N-methyl/N-ethyl adjacent to an activating group) is 1. The average molecular weight is 339 g/mol.